The van der Waals surface area contributed by atoms with Gasteiger partial charge in [-0.3, -0.25) is 9.69 Å². The Balaban J connectivity index is 1.50. The van der Waals surface area contributed by atoms with E-state index in [1.54, 1.807) is 0 Å². The minimum absolute atomic E-state index is 0.0582. The fraction of sp³-hybridized carbons (Fsp3) is 0.556. The Hall–Kier alpha value is -1.77. The molecule has 1 unspecified atom stereocenters. The Morgan fingerprint density at radius 2 is 2.00 bits per heavy atom. The Labute approximate surface area is 148 Å². The quantitative estimate of drug-likeness (QED) is 0.888. The highest BCUT2D eigenvalue weighted by Gasteiger charge is 2.43. The average Bonchev–Trinajstić information content (AvgIpc) is 3.41. The van der Waals surface area contributed by atoms with E-state index in [-0.39, 0.29) is 5.91 Å². The van der Waals surface area contributed by atoms with Crippen LogP contribution in [0.15, 0.2) is 24.3 Å². The predicted molar refractivity (Wildman–Crippen MR) is 95.0 cm³/mol. The van der Waals surface area contributed by atoms with Gasteiger partial charge in [-0.15, -0.1) is 0 Å². The van der Waals surface area contributed by atoms with Gasteiger partial charge >= 0.3 is 0 Å². The molecule has 1 aromatic carbocycles. The number of halogens is 1. The van der Waals surface area contributed by atoms with Crippen LogP contribution in [-0.2, 0) is 4.79 Å². The number of anilines is 1. The van der Waals surface area contributed by atoms with Crippen LogP contribution in [0.25, 0.3) is 0 Å². The van der Waals surface area contributed by atoms with Gasteiger partial charge in [-0.1, -0.05) is 23.7 Å². The van der Waals surface area contributed by atoms with Crippen molar-refractivity contribution in [2.24, 2.45) is 5.92 Å². The molecule has 0 radical (unpaired) electrons. The lowest BCUT2D eigenvalue weighted by atomic mass is 9.98. The summed E-state index contributed by atoms with van der Waals surface area (Å²) < 4.78 is 0. The number of rotatable bonds is 5. The molecular formula is C18H23ClN4O. The maximum absolute atomic E-state index is 12.3. The van der Waals surface area contributed by atoms with Crippen LogP contribution in [-0.4, -0.2) is 49.1 Å². The molecule has 128 valence electrons. The topological polar surface area (TPSA) is 59.4 Å². The first-order chi connectivity index (χ1) is 11.5. The Morgan fingerprint density at radius 3 is 2.58 bits per heavy atom. The van der Waals surface area contributed by atoms with Gasteiger partial charge in [0.1, 0.15) is 5.54 Å². The lowest BCUT2D eigenvalue weighted by Gasteiger charge is -2.36. The van der Waals surface area contributed by atoms with E-state index in [9.17, 15) is 10.1 Å². The number of carbonyl (C=O) groups excluding carboxylic acids is 1. The summed E-state index contributed by atoms with van der Waals surface area (Å²) in [5.74, 6) is 0.251. The molecule has 1 aromatic rings. The summed E-state index contributed by atoms with van der Waals surface area (Å²) in [5, 5.41) is 13.0. The Bertz CT molecular complexity index is 647. The van der Waals surface area contributed by atoms with E-state index in [0.29, 0.717) is 12.5 Å². The summed E-state index contributed by atoms with van der Waals surface area (Å²) in [6.07, 6.45) is 2.06. The standard InChI is InChI=1S/C18H23ClN4O/c1-18(13-20,14-6-7-14)21-17(24)12-22-8-10-23(11-9-22)16-5-3-2-4-15(16)19/h2-5,14H,6-12H2,1H3,(H,21,24). The number of hydrogen-bond donors (Lipinski definition) is 1. The molecule has 0 bridgehead atoms. The maximum Gasteiger partial charge on any atom is 0.235 e. The third kappa shape index (κ3) is 3.82. The fourth-order valence-corrected chi connectivity index (χ4v) is 3.52. The summed E-state index contributed by atoms with van der Waals surface area (Å²) in [4.78, 5) is 16.7. The van der Waals surface area contributed by atoms with Crippen LogP contribution < -0.4 is 10.2 Å². The number of benzene rings is 1. The molecule has 1 saturated carbocycles. The Kier molecular flexibility index (Phi) is 4.98. The van der Waals surface area contributed by atoms with Gasteiger partial charge in [0, 0.05) is 26.2 Å². The second-order valence-corrected chi connectivity index (χ2v) is 7.26. The average molecular weight is 347 g/mol. The van der Waals surface area contributed by atoms with Gasteiger partial charge in [-0.05, 0) is 37.8 Å². The molecule has 24 heavy (non-hydrogen) atoms. The summed E-state index contributed by atoms with van der Waals surface area (Å²) in [6, 6.07) is 10.1. The monoisotopic (exact) mass is 346 g/mol. The normalized spacial score (nSPS) is 21.0. The van der Waals surface area contributed by atoms with Crippen LogP contribution >= 0.6 is 11.6 Å². The first-order valence-electron chi connectivity index (χ1n) is 8.46. The molecule has 0 spiro atoms. The lowest BCUT2D eigenvalue weighted by Crippen LogP contribution is -2.53. The summed E-state index contributed by atoms with van der Waals surface area (Å²) in [7, 11) is 0. The van der Waals surface area contributed by atoms with E-state index in [1.165, 1.54) is 0 Å². The predicted octanol–water partition coefficient (Wildman–Crippen LogP) is 2.27. The molecule has 1 aliphatic carbocycles. The molecule has 1 aliphatic heterocycles. The number of piperazine rings is 1. The largest absolute Gasteiger partial charge is 0.368 e. The number of nitrogens with one attached hydrogen (secondary N) is 1. The molecule has 2 aliphatic rings. The third-order valence-corrected chi connectivity index (χ3v) is 5.28. The molecule has 5 nitrogen and oxygen atoms in total. The van der Waals surface area contributed by atoms with Gasteiger partial charge in [-0.2, -0.15) is 5.26 Å². The number of nitriles is 1. The van der Waals surface area contributed by atoms with Gasteiger partial charge in [0.15, 0.2) is 0 Å². The van der Waals surface area contributed by atoms with E-state index in [1.807, 2.05) is 31.2 Å². The zero-order valence-electron chi connectivity index (χ0n) is 14.0. The van der Waals surface area contributed by atoms with Crippen LogP contribution in [0.4, 0.5) is 5.69 Å². The zero-order chi connectivity index (χ0) is 17.2. The minimum Gasteiger partial charge on any atom is -0.368 e. The van der Waals surface area contributed by atoms with E-state index < -0.39 is 5.54 Å². The molecule has 2 fully saturated rings. The first kappa shape index (κ1) is 17.1. The third-order valence-electron chi connectivity index (χ3n) is 4.96. The van der Waals surface area contributed by atoms with Crippen LogP contribution in [0.1, 0.15) is 19.8 Å². The number of nitrogens with zero attached hydrogens (tertiary/aromatic N) is 3. The second kappa shape index (κ2) is 7.00. The SMILES string of the molecule is CC(C#N)(NC(=O)CN1CCN(c2ccccc2Cl)CC1)C1CC1. The second-order valence-electron chi connectivity index (χ2n) is 6.85. The van der Waals surface area contributed by atoms with E-state index >= 15 is 0 Å². The van der Waals surface area contributed by atoms with Crippen LogP contribution in [0.2, 0.25) is 5.02 Å². The lowest BCUT2D eigenvalue weighted by molar-refractivity contribution is -0.123. The van der Waals surface area contributed by atoms with Gasteiger partial charge in [0.2, 0.25) is 5.91 Å². The van der Waals surface area contributed by atoms with Crippen LogP contribution in [0.5, 0.6) is 0 Å². The summed E-state index contributed by atoms with van der Waals surface area (Å²) >= 11 is 6.25. The van der Waals surface area contributed by atoms with E-state index in [0.717, 1.165) is 49.7 Å². The molecule has 1 heterocycles. The number of para-hydroxylation sites is 1. The fourth-order valence-electron chi connectivity index (χ4n) is 3.27. The summed E-state index contributed by atoms with van der Waals surface area (Å²) in [6.45, 7) is 5.49. The van der Waals surface area contributed by atoms with Crippen LogP contribution in [0.3, 0.4) is 0 Å². The van der Waals surface area contributed by atoms with E-state index in [2.05, 4.69) is 21.2 Å². The minimum atomic E-state index is -0.712. The van der Waals surface area contributed by atoms with Crippen molar-refractivity contribution in [3.05, 3.63) is 29.3 Å². The van der Waals surface area contributed by atoms with Crippen molar-refractivity contribution in [3.63, 3.8) is 0 Å². The first-order valence-corrected chi connectivity index (χ1v) is 8.84. The smallest absolute Gasteiger partial charge is 0.235 e. The maximum atomic E-state index is 12.3. The molecule has 1 saturated heterocycles. The van der Waals surface area contributed by atoms with Crippen molar-refractivity contribution in [1.29, 1.82) is 5.26 Å². The van der Waals surface area contributed by atoms with Crippen molar-refractivity contribution in [3.8, 4) is 6.07 Å². The molecule has 0 aromatic heterocycles. The van der Waals surface area contributed by atoms with Crippen molar-refractivity contribution in [1.82, 2.24) is 10.2 Å². The van der Waals surface area contributed by atoms with Gasteiger partial charge < -0.3 is 10.2 Å². The van der Waals surface area contributed by atoms with Crippen LogP contribution in [0, 0.1) is 17.2 Å². The zero-order valence-corrected chi connectivity index (χ0v) is 14.7. The van der Waals surface area contributed by atoms with E-state index in [4.69, 9.17) is 11.6 Å². The van der Waals surface area contributed by atoms with Gasteiger partial charge in [-0.25, -0.2) is 0 Å². The number of hydrogen-bond acceptors (Lipinski definition) is 4. The van der Waals surface area contributed by atoms with Gasteiger partial charge in [0.25, 0.3) is 0 Å². The van der Waals surface area contributed by atoms with Crippen molar-refractivity contribution >= 4 is 23.2 Å². The number of carbonyl (C=O) groups is 1. The highest BCUT2D eigenvalue weighted by Crippen LogP contribution is 2.39. The molecule has 1 amide bonds. The van der Waals surface area contributed by atoms with Crippen molar-refractivity contribution in [2.45, 2.75) is 25.3 Å². The van der Waals surface area contributed by atoms with Gasteiger partial charge in [0.05, 0.1) is 23.3 Å². The molecule has 6 heteroatoms. The number of amides is 1. The molecule has 1 atom stereocenters. The molecule has 1 N–H and O–H groups in total. The molecule has 3 rings (SSSR count). The Morgan fingerprint density at radius 1 is 1.33 bits per heavy atom. The molecular weight excluding hydrogens is 324 g/mol. The van der Waals surface area contributed by atoms with Crippen molar-refractivity contribution < 1.29 is 4.79 Å². The summed E-state index contributed by atoms with van der Waals surface area (Å²) in [5.41, 5.74) is 0.338. The highest BCUT2D eigenvalue weighted by molar-refractivity contribution is 6.33. The highest BCUT2D eigenvalue weighted by atomic mass is 35.5. The van der Waals surface area contributed by atoms with Crippen molar-refractivity contribution in [2.75, 3.05) is 37.6 Å².